The summed E-state index contributed by atoms with van der Waals surface area (Å²) in [5.41, 5.74) is 2.55. The van der Waals surface area contributed by atoms with E-state index in [1.165, 1.54) is 0 Å². The second-order valence-electron chi connectivity index (χ2n) is 8.61. The number of ether oxygens (including phenoxy) is 2. The van der Waals surface area contributed by atoms with Crippen molar-refractivity contribution in [3.63, 3.8) is 0 Å². The fourth-order valence-electron chi connectivity index (χ4n) is 4.02. The van der Waals surface area contributed by atoms with Gasteiger partial charge < -0.3 is 19.7 Å². The lowest BCUT2D eigenvalue weighted by atomic mass is 9.95. The molecule has 0 aromatic heterocycles. The number of likely N-dealkylation sites (tertiary alicyclic amines) is 1. The number of rotatable bonds is 7. The number of fused-ring (bicyclic) bond motifs is 1. The van der Waals surface area contributed by atoms with Gasteiger partial charge in [0, 0.05) is 43.7 Å². The maximum atomic E-state index is 12.6. The Morgan fingerprint density at radius 3 is 2.47 bits per heavy atom. The van der Waals surface area contributed by atoms with Gasteiger partial charge in [-0.25, -0.2) is 13.1 Å². The van der Waals surface area contributed by atoms with Crippen LogP contribution in [0.25, 0.3) is 0 Å². The van der Waals surface area contributed by atoms with Gasteiger partial charge in [0.25, 0.3) is 0 Å². The molecular formula is C24H29N3O6S. The van der Waals surface area contributed by atoms with Crippen LogP contribution >= 0.6 is 0 Å². The molecule has 0 atom stereocenters. The van der Waals surface area contributed by atoms with Crippen molar-refractivity contribution in [2.75, 3.05) is 31.7 Å². The normalized spacial score (nSPS) is 15.9. The number of benzene rings is 2. The van der Waals surface area contributed by atoms with E-state index in [1.54, 1.807) is 41.3 Å². The third-order valence-corrected chi connectivity index (χ3v) is 7.74. The zero-order chi connectivity index (χ0) is 24.3. The molecule has 0 unspecified atom stereocenters. The van der Waals surface area contributed by atoms with Gasteiger partial charge in [0.15, 0.2) is 11.5 Å². The van der Waals surface area contributed by atoms with E-state index in [2.05, 4.69) is 10.0 Å². The minimum Gasteiger partial charge on any atom is -0.454 e. The molecule has 182 valence electrons. The van der Waals surface area contributed by atoms with Crippen LogP contribution in [-0.4, -0.2) is 51.6 Å². The van der Waals surface area contributed by atoms with E-state index in [9.17, 15) is 18.0 Å². The maximum absolute atomic E-state index is 12.6. The molecule has 10 heteroatoms. The Balaban J connectivity index is 1.22. The van der Waals surface area contributed by atoms with Crippen molar-refractivity contribution in [1.82, 2.24) is 9.62 Å². The summed E-state index contributed by atoms with van der Waals surface area (Å²) in [6.45, 7) is 4.90. The third-order valence-electron chi connectivity index (χ3n) is 6.28. The first kappa shape index (κ1) is 24.0. The van der Waals surface area contributed by atoms with Crippen LogP contribution in [0.5, 0.6) is 11.5 Å². The topological polar surface area (TPSA) is 114 Å². The molecule has 0 saturated carbocycles. The molecule has 2 heterocycles. The summed E-state index contributed by atoms with van der Waals surface area (Å²) in [7, 11) is -3.67. The second-order valence-corrected chi connectivity index (χ2v) is 10.4. The van der Waals surface area contributed by atoms with Crippen LogP contribution in [0.2, 0.25) is 0 Å². The largest absolute Gasteiger partial charge is 0.454 e. The molecule has 0 spiro atoms. The molecule has 9 nitrogen and oxygen atoms in total. The van der Waals surface area contributed by atoms with Crippen LogP contribution in [-0.2, 0) is 19.6 Å². The zero-order valence-corrected chi connectivity index (χ0v) is 20.1. The number of sulfonamides is 1. The molecule has 1 fully saturated rings. The predicted molar refractivity (Wildman–Crippen MR) is 126 cm³/mol. The summed E-state index contributed by atoms with van der Waals surface area (Å²) in [6.07, 6.45) is 1.17. The lowest BCUT2D eigenvalue weighted by Gasteiger charge is -2.31. The molecule has 4 rings (SSSR count). The lowest BCUT2D eigenvalue weighted by molar-refractivity contribution is -0.134. The molecule has 0 radical (unpaired) electrons. The first-order valence-corrected chi connectivity index (χ1v) is 12.8. The van der Waals surface area contributed by atoms with Crippen LogP contribution in [0.1, 0.15) is 30.4 Å². The van der Waals surface area contributed by atoms with Crippen LogP contribution in [0.15, 0.2) is 41.3 Å². The quantitative estimate of drug-likeness (QED) is 0.621. The van der Waals surface area contributed by atoms with Crippen molar-refractivity contribution in [2.24, 2.45) is 5.92 Å². The van der Waals surface area contributed by atoms with Crippen molar-refractivity contribution in [1.29, 1.82) is 0 Å². The van der Waals surface area contributed by atoms with Crippen molar-refractivity contribution in [3.8, 4) is 11.5 Å². The zero-order valence-electron chi connectivity index (χ0n) is 19.3. The van der Waals surface area contributed by atoms with Gasteiger partial charge in [0.1, 0.15) is 0 Å². The highest BCUT2D eigenvalue weighted by Crippen LogP contribution is 2.34. The van der Waals surface area contributed by atoms with E-state index in [0.717, 1.165) is 11.1 Å². The average molecular weight is 488 g/mol. The van der Waals surface area contributed by atoms with Crippen molar-refractivity contribution in [3.05, 3.63) is 47.5 Å². The van der Waals surface area contributed by atoms with E-state index in [4.69, 9.17) is 9.47 Å². The van der Waals surface area contributed by atoms with Crippen LogP contribution < -0.4 is 19.5 Å². The summed E-state index contributed by atoms with van der Waals surface area (Å²) in [5, 5.41) is 2.90. The second kappa shape index (κ2) is 10.0. The van der Waals surface area contributed by atoms with Crippen molar-refractivity contribution in [2.45, 2.75) is 38.0 Å². The van der Waals surface area contributed by atoms with Crippen LogP contribution in [0.3, 0.4) is 0 Å². The molecule has 2 aliphatic rings. The van der Waals surface area contributed by atoms with Crippen molar-refractivity contribution < 1.29 is 27.5 Å². The van der Waals surface area contributed by atoms with Gasteiger partial charge in [0.2, 0.25) is 28.6 Å². The third kappa shape index (κ3) is 5.51. The molecule has 2 amide bonds. The smallest absolute Gasteiger partial charge is 0.240 e. The number of amides is 2. The molecule has 2 aromatic carbocycles. The number of piperidine rings is 1. The fraction of sp³-hybridized carbons (Fsp3) is 0.417. The molecule has 2 aliphatic heterocycles. The number of hydrogen-bond donors (Lipinski definition) is 2. The van der Waals surface area contributed by atoms with E-state index in [1.807, 2.05) is 13.8 Å². The first-order valence-electron chi connectivity index (χ1n) is 11.3. The molecule has 0 bridgehead atoms. The van der Waals surface area contributed by atoms with Gasteiger partial charge in [-0.15, -0.1) is 0 Å². The molecule has 2 aromatic rings. The van der Waals surface area contributed by atoms with Gasteiger partial charge in [0.05, 0.1) is 4.90 Å². The standard InChI is InChI=1S/C24H29N3O6S/c1-16-3-5-20(13-17(16)2)34(30,31)25-10-7-23(28)27-11-8-18(9-12-27)24(29)26-19-4-6-21-22(14-19)33-15-32-21/h3-6,13-14,18,25H,7-12,15H2,1-2H3,(H,26,29). The summed E-state index contributed by atoms with van der Waals surface area (Å²) < 4.78 is 38.1. The number of anilines is 1. The highest BCUT2D eigenvalue weighted by Gasteiger charge is 2.28. The average Bonchev–Trinajstić information content (AvgIpc) is 3.28. The number of nitrogens with zero attached hydrogens (tertiary/aromatic N) is 1. The summed E-state index contributed by atoms with van der Waals surface area (Å²) in [6, 6.07) is 10.2. The lowest BCUT2D eigenvalue weighted by Crippen LogP contribution is -2.42. The number of hydrogen-bond acceptors (Lipinski definition) is 6. The maximum Gasteiger partial charge on any atom is 0.240 e. The van der Waals surface area contributed by atoms with Gasteiger partial charge >= 0.3 is 0 Å². The number of aryl methyl sites for hydroxylation is 2. The van der Waals surface area contributed by atoms with Gasteiger partial charge in [-0.2, -0.15) is 0 Å². The first-order chi connectivity index (χ1) is 16.2. The van der Waals surface area contributed by atoms with Gasteiger partial charge in [-0.05, 0) is 62.1 Å². The number of carbonyl (C=O) groups excluding carboxylic acids is 2. The Morgan fingerprint density at radius 1 is 1.00 bits per heavy atom. The highest BCUT2D eigenvalue weighted by molar-refractivity contribution is 7.89. The highest BCUT2D eigenvalue weighted by atomic mass is 32.2. The number of carbonyl (C=O) groups is 2. The predicted octanol–water partition coefficient (Wildman–Crippen LogP) is 2.58. The molecule has 1 saturated heterocycles. The minimum atomic E-state index is -3.67. The Bertz CT molecular complexity index is 1190. The monoisotopic (exact) mass is 487 g/mol. The molecule has 2 N–H and O–H groups in total. The Labute approximate surface area is 199 Å². The summed E-state index contributed by atoms with van der Waals surface area (Å²) >= 11 is 0. The number of nitrogens with one attached hydrogen (secondary N) is 2. The van der Waals surface area contributed by atoms with Crippen LogP contribution in [0, 0.1) is 19.8 Å². The van der Waals surface area contributed by atoms with Gasteiger partial charge in [-0.1, -0.05) is 6.07 Å². The molecule has 0 aliphatic carbocycles. The summed E-state index contributed by atoms with van der Waals surface area (Å²) in [4.78, 5) is 27.1. The van der Waals surface area contributed by atoms with Crippen molar-refractivity contribution >= 4 is 27.5 Å². The van der Waals surface area contributed by atoms with E-state index in [-0.39, 0.29) is 42.4 Å². The van der Waals surface area contributed by atoms with E-state index >= 15 is 0 Å². The minimum absolute atomic E-state index is 0.0264. The van der Waals surface area contributed by atoms with Crippen LogP contribution in [0.4, 0.5) is 5.69 Å². The SMILES string of the molecule is Cc1ccc(S(=O)(=O)NCCC(=O)N2CCC(C(=O)Nc3ccc4c(c3)OCO4)CC2)cc1C. The van der Waals surface area contributed by atoms with E-state index < -0.39 is 10.0 Å². The fourth-order valence-corrected chi connectivity index (χ4v) is 5.14. The molecule has 34 heavy (non-hydrogen) atoms. The Hall–Kier alpha value is -3.11. The Kier molecular flexibility index (Phi) is 7.08. The van der Waals surface area contributed by atoms with Gasteiger partial charge in [-0.3, -0.25) is 9.59 Å². The Morgan fingerprint density at radius 2 is 1.74 bits per heavy atom. The molecular weight excluding hydrogens is 458 g/mol. The summed E-state index contributed by atoms with van der Waals surface area (Å²) in [5.74, 6) is 0.842. The van der Waals surface area contributed by atoms with E-state index in [0.29, 0.717) is 43.1 Å².